The highest BCUT2D eigenvalue weighted by atomic mass is 32.2. The molecule has 0 bridgehead atoms. The van der Waals surface area contributed by atoms with Gasteiger partial charge in [0, 0.05) is 26.2 Å². The van der Waals surface area contributed by atoms with Gasteiger partial charge in [-0.1, -0.05) is 29.8 Å². The van der Waals surface area contributed by atoms with Gasteiger partial charge in [-0.05, 0) is 25.3 Å². The Morgan fingerprint density at radius 3 is 2.64 bits per heavy atom. The van der Waals surface area contributed by atoms with Gasteiger partial charge in [-0.2, -0.15) is 0 Å². The second kappa shape index (κ2) is 7.68. The average molecular weight is 363 g/mol. The fourth-order valence-electron chi connectivity index (χ4n) is 2.71. The van der Waals surface area contributed by atoms with Crippen molar-refractivity contribution < 1.29 is 13.2 Å². The quantitative estimate of drug-likeness (QED) is 0.738. The van der Waals surface area contributed by atoms with Gasteiger partial charge in [0.1, 0.15) is 0 Å². The minimum absolute atomic E-state index is 0.0488. The molecule has 0 aliphatic heterocycles. The smallest absolute Gasteiger partial charge is 0.228 e. The van der Waals surface area contributed by atoms with Crippen LogP contribution in [-0.2, 0) is 33.4 Å². The Morgan fingerprint density at radius 2 is 2.00 bits per heavy atom. The van der Waals surface area contributed by atoms with E-state index in [4.69, 9.17) is 4.74 Å². The molecule has 0 amide bonds. The van der Waals surface area contributed by atoms with Crippen molar-refractivity contribution >= 4 is 9.84 Å². The van der Waals surface area contributed by atoms with Crippen molar-refractivity contribution in [2.45, 2.75) is 49.8 Å². The monoisotopic (exact) mass is 363 g/mol. The minimum atomic E-state index is -3.52. The molecule has 1 aromatic carbocycles. The average Bonchev–Trinajstić information content (AvgIpc) is 3.31. The third-order valence-corrected chi connectivity index (χ3v) is 5.92. The van der Waals surface area contributed by atoms with Crippen LogP contribution in [0.15, 0.2) is 35.6 Å². The molecular formula is C18H25N3O3S. The van der Waals surface area contributed by atoms with Gasteiger partial charge in [0.2, 0.25) is 15.0 Å². The molecule has 1 heterocycles. The molecule has 6 nitrogen and oxygen atoms in total. The van der Waals surface area contributed by atoms with E-state index in [1.54, 1.807) is 17.9 Å². The summed E-state index contributed by atoms with van der Waals surface area (Å²) in [7, 11) is -1.91. The number of methoxy groups -OCH3 is 1. The van der Waals surface area contributed by atoms with Crippen molar-refractivity contribution in [3.8, 4) is 0 Å². The van der Waals surface area contributed by atoms with Crippen LogP contribution < -0.4 is 5.32 Å². The van der Waals surface area contributed by atoms with Crippen LogP contribution in [0.5, 0.6) is 0 Å². The topological polar surface area (TPSA) is 73.2 Å². The number of hydrogen-bond donors (Lipinski definition) is 1. The fourth-order valence-corrected chi connectivity index (χ4v) is 4.23. The largest absolute Gasteiger partial charge is 0.383 e. The molecule has 25 heavy (non-hydrogen) atoms. The summed E-state index contributed by atoms with van der Waals surface area (Å²) in [6.07, 6.45) is 4.03. The van der Waals surface area contributed by atoms with Crippen molar-refractivity contribution in [2.75, 3.05) is 13.7 Å². The maximum absolute atomic E-state index is 12.9. The summed E-state index contributed by atoms with van der Waals surface area (Å²) in [6.45, 7) is 3.52. The Kier molecular flexibility index (Phi) is 5.56. The Labute approximate surface area is 149 Å². The van der Waals surface area contributed by atoms with Gasteiger partial charge < -0.3 is 14.6 Å². The normalized spacial score (nSPS) is 14.8. The molecule has 3 rings (SSSR count). The van der Waals surface area contributed by atoms with Gasteiger partial charge in [0.05, 0.1) is 24.3 Å². The van der Waals surface area contributed by atoms with Gasteiger partial charge in [0.15, 0.2) is 0 Å². The number of nitrogens with one attached hydrogen (secondary N) is 1. The number of aryl methyl sites for hydroxylation is 1. The standard InChI is InChI=1S/C18H25N3O3S/c1-14-3-5-15(6-4-14)13-25(22,23)18-20-12-17(11-19-16-7-8-16)21(18)9-10-24-2/h3-6,12,16,19H,7-11,13H2,1-2H3. The molecule has 1 N–H and O–H groups in total. The van der Waals surface area contributed by atoms with E-state index in [0.29, 0.717) is 25.7 Å². The maximum Gasteiger partial charge on any atom is 0.228 e. The number of hydrogen-bond acceptors (Lipinski definition) is 5. The van der Waals surface area contributed by atoms with Gasteiger partial charge >= 0.3 is 0 Å². The minimum Gasteiger partial charge on any atom is -0.383 e. The first-order chi connectivity index (χ1) is 12.0. The number of rotatable bonds is 9. The zero-order chi connectivity index (χ0) is 17.9. The van der Waals surface area contributed by atoms with Crippen LogP contribution in [0.4, 0.5) is 0 Å². The molecule has 1 aliphatic carbocycles. The molecule has 1 saturated carbocycles. The van der Waals surface area contributed by atoms with Gasteiger partial charge in [0.25, 0.3) is 0 Å². The number of aromatic nitrogens is 2. The molecule has 136 valence electrons. The first-order valence-corrected chi connectivity index (χ1v) is 10.2. The molecule has 0 radical (unpaired) electrons. The predicted octanol–water partition coefficient (Wildman–Crippen LogP) is 2.06. The zero-order valence-corrected chi connectivity index (χ0v) is 15.6. The van der Waals surface area contributed by atoms with E-state index in [2.05, 4.69) is 10.3 Å². The third-order valence-electron chi connectivity index (χ3n) is 4.33. The van der Waals surface area contributed by atoms with Crippen LogP contribution >= 0.6 is 0 Å². The molecule has 2 aromatic rings. The first kappa shape index (κ1) is 18.1. The SMILES string of the molecule is COCCn1c(CNC2CC2)cnc1S(=O)(=O)Cc1ccc(C)cc1. The van der Waals surface area contributed by atoms with Crippen molar-refractivity contribution in [1.29, 1.82) is 0 Å². The fraction of sp³-hybridized carbons (Fsp3) is 0.500. The highest BCUT2D eigenvalue weighted by molar-refractivity contribution is 7.90. The number of benzene rings is 1. The summed E-state index contributed by atoms with van der Waals surface area (Å²) in [4.78, 5) is 4.23. The Bertz CT molecular complexity index is 809. The van der Waals surface area contributed by atoms with Crippen molar-refractivity contribution in [3.63, 3.8) is 0 Å². The van der Waals surface area contributed by atoms with E-state index >= 15 is 0 Å². The Morgan fingerprint density at radius 1 is 1.28 bits per heavy atom. The van der Waals surface area contributed by atoms with E-state index < -0.39 is 9.84 Å². The summed E-state index contributed by atoms with van der Waals surface area (Å²) >= 11 is 0. The molecule has 0 spiro atoms. The number of nitrogens with zero attached hydrogens (tertiary/aromatic N) is 2. The molecule has 7 heteroatoms. The van der Waals surface area contributed by atoms with Gasteiger partial charge in [-0.3, -0.25) is 0 Å². The highest BCUT2D eigenvalue weighted by Gasteiger charge is 2.25. The van der Waals surface area contributed by atoms with Crippen molar-refractivity contribution in [1.82, 2.24) is 14.9 Å². The lowest BCUT2D eigenvalue weighted by Crippen LogP contribution is -2.21. The number of imidazole rings is 1. The van der Waals surface area contributed by atoms with Gasteiger partial charge in [-0.25, -0.2) is 13.4 Å². The lowest BCUT2D eigenvalue weighted by atomic mass is 10.2. The molecule has 0 unspecified atom stereocenters. The second-order valence-electron chi connectivity index (χ2n) is 6.58. The van der Waals surface area contributed by atoms with Gasteiger partial charge in [-0.15, -0.1) is 0 Å². The summed E-state index contributed by atoms with van der Waals surface area (Å²) < 4.78 is 32.7. The lowest BCUT2D eigenvalue weighted by molar-refractivity contribution is 0.183. The van der Waals surface area contributed by atoms with Crippen LogP contribution in [0.25, 0.3) is 0 Å². The second-order valence-corrected chi connectivity index (χ2v) is 8.46. The first-order valence-electron chi connectivity index (χ1n) is 8.54. The summed E-state index contributed by atoms with van der Waals surface area (Å²) in [5.74, 6) is -0.0488. The summed E-state index contributed by atoms with van der Waals surface area (Å²) in [6, 6.07) is 8.11. The van der Waals surface area contributed by atoms with Crippen LogP contribution in [0, 0.1) is 6.92 Å². The van der Waals surface area contributed by atoms with Crippen LogP contribution in [0.2, 0.25) is 0 Å². The molecule has 1 fully saturated rings. The van der Waals surface area contributed by atoms with Crippen LogP contribution in [-0.4, -0.2) is 37.7 Å². The van der Waals surface area contributed by atoms with E-state index in [-0.39, 0.29) is 10.9 Å². The Balaban J connectivity index is 1.83. The molecule has 1 aromatic heterocycles. The van der Waals surface area contributed by atoms with E-state index in [9.17, 15) is 8.42 Å². The van der Waals surface area contributed by atoms with E-state index in [1.165, 1.54) is 12.8 Å². The zero-order valence-electron chi connectivity index (χ0n) is 14.7. The van der Waals surface area contributed by atoms with Crippen molar-refractivity contribution in [2.24, 2.45) is 0 Å². The highest BCUT2D eigenvalue weighted by Crippen LogP contribution is 2.21. The maximum atomic E-state index is 12.9. The van der Waals surface area contributed by atoms with E-state index in [0.717, 1.165) is 16.8 Å². The molecule has 0 saturated heterocycles. The molecule has 1 aliphatic rings. The van der Waals surface area contributed by atoms with Crippen LogP contribution in [0.3, 0.4) is 0 Å². The predicted molar refractivity (Wildman–Crippen MR) is 96.0 cm³/mol. The third kappa shape index (κ3) is 4.68. The summed E-state index contributed by atoms with van der Waals surface area (Å²) in [5, 5.41) is 3.54. The number of sulfone groups is 1. The number of ether oxygens (including phenoxy) is 1. The van der Waals surface area contributed by atoms with E-state index in [1.807, 2.05) is 31.2 Å². The molecule has 0 atom stereocenters. The Hall–Kier alpha value is -1.70. The lowest BCUT2D eigenvalue weighted by Gasteiger charge is -2.12. The van der Waals surface area contributed by atoms with Crippen molar-refractivity contribution in [3.05, 3.63) is 47.3 Å². The summed E-state index contributed by atoms with van der Waals surface area (Å²) in [5.41, 5.74) is 2.76. The van der Waals surface area contributed by atoms with Crippen LogP contribution in [0.1, 0.15) is 29.7 Å². The molecular weight excluding hydrogens is 338 g/mol.